The van der Waals surface area contributed by atoms with Crippen molar-refractivity contribution in [3.8, 4) is 0 Å². The highest BCUT2D eigenvalue weighted by atomic mass is 19.3. The molecule has 1 aromatic rings. The van der Waals surface area contributed by atoms with E-state index in [1.54, 1.807) is 0 Å². The van der Waals surface area contributed by atoms with E-state index in [4.69, 9.17) is 5.84 Å². The second-order valence-electron chi connectivity index (χ2n) is 2.88. The summed E-state index contributed by atoms with van der Waals surface area (Å²) >= 11 is 0. The molecule has 1 aromatic carbocycles. The van der Waals surface area contributed by atoms with Crippen LogP contribution < -0.4 is 16.6 Å². The van der Waals surface area contributed by atoms with Crippen LogP contribution in [-0.2, 0) is 0 Å². The van der Waals surface area contributed by atoms with Crippen LogP contribution in [0.25, 0.3) is 0 Å². The molecule has 0 saturated carbocycles. The topological polar surface area (TPSA) is 93.2 Å². The molecule has 1 rings (SSSR count). The van der Waals surface area contributed by atoms with Gasteiger partial charge in [0.1, 0.15) is 11.4 Å². The number of nitrogens with zero attached hydrogens (tertiary/aromatic N) is 1. The maximum atomic E-state index is 12.0. The summed E-state index contributed by atoms with van der Waals surface area (Å²) in [5, 5.41) is 13.0. The zero-order valence-electron chi connectivity index (χ0n) is 8.11. The Bertz CT molecular complexity index is 386. The van der Waals surface area contributed by atoms with Crippen molar-refractivity contribution in [1.82, 2.24) is 0 Å². The number of hydrazine groups is 1. The molecule has 6 nitrogen and oxygen atoms in total. The van der Waals surface area contributed by atoms with Gasteiger partial charge in [-0.25, -0.2) is 8.78 Å². The molecule has 0 heterocycles. The molecule has 4 N–H and O–H groups in total. The van der Waals surface area contributed by atoms with Gasteiger partial charge in [0.05, 0.1) is 11.5 Å². The van der Waals surface area contributed by atoms with Gasteiger partial charge in [0, 0.05) is 0 Å². The number of benzene rings is 1. The Morgan fingerprint density at radius 3 is 2.56 bits per heavy atom. The predicted octanol–water partition coefficient (Wildman–Crippen LogP) is 1.56. The van der Waals surface area contributed by atoms with Crippen LogP contribution >= 0.6 is 0 Å². The minimum atomic E-state index is -2.59. The molecule has 88 valence electrons. The third-order valence-electron chi connectivity index (χ3n) is 1.82. The van der Waals surface area contributed by atoms with Gasteiger partial charge in [-0.3, -0.25) is 16.0 Å². The van der Waals surface area contributed by atoms with E-state index in [9.17, 15) is 18.9 Å². The minimum Gasteiger partial charge on any atom is -0.374 e. The molecule has 0 radical (unpaired) electrons. The van der Waals surface area contributed by atoms with E-state index in [-0.39, 0.29) is 17.1 Å². The Hall–Kier alpha value is -1.96. The molecule has 0 saturated heterocycles. The highest BCUT2D eigenvalue weighted by Crippen LogP contribution is 2.32. The summed E-state index contributed by atoms with van der Waals surface area (Å²) in [6.45, 7) is -0.658. The van der Waals surface area contributed by atoms with Crippen LogP contribution in [0.3, 0.4) is 0 Å². The van der Waals surface area contributed by atoms with Gasteiger partial charge >= 0.3 is 5.69 Å². The molecule has 0 fully saturated rings. The summed E-state index contributed by atoms with van der Waals surface area (Å²) in [6, 6.07) is 4.18. The molecule has 0 bridgehead atoms. The number of alkyl halides is 2. The van der Waals surface area contributed by atoms with Crippen molar-refractivity contribution >= 4 is 17.1 Å². The van der Waals surface area contributed by atoms with Crippen molar-refractivity contribution in [2.24, 2.45) is 5.84 Å². The fourth-order valence-electron chi connectivity index (χ4n) is 1.19. The van der Waals surface area contributed by atoms with Crippen LogP contribution in [0.5, 0.6) is 0 Å². The second-order valence-corrected chi connectivity index (χ2v) is 2.88. The Balaban J connectivity index is 3.02. The van der Waals surface area contributed by atoms with Crippen LogP contribution in [0.4, 0.5) is 25.8 Å². The van der Waals surface area contributed by atoms with Gasteiger partial charge in [-0.05, 0) is 12.1 Å². The molecule has 0 unspecified atom stereocenters. The SMILES string of the molecule is NNc1cccc(NCC(F)F)c1[N+](=O)[O-]. The molecular formula is C8H10F2N4O2. The first kappa shape index (κ1) is 12.1. The molecule has 0 atom stereocenters. The van der Waals surface area contributed by atoms with Gasteiger partial charge in [0.2, 0.25) is 0 Å². The van der Waals surface area contributed by atoms with Crippen molar-refractivity contribution in [1.29, 1.82) is 0 Å². The number of rotatable bonds is 5. The summed E-state index contributed by atoms with van der Waals surface area (Å²) in [7, 11) is 0. The third kappa shape index (κ3) is 2.76. The molecule has 0 aliphatic heterocycles. The van der Waals surface area contributed by atoms with Crippen molar-refractivity contribution in [3.05, 3.63) is 28.3 Å². The highest BCUT2D eigenvalue weighted by Gasteiger charge is 2.19. The Kier molecular flexibility index (Phi) is 3.95. The maximum absolute atomic E-state index is 12.0. The number of para-hydroxylation sites is 1. The average molecular weight is 232 g/mol. The average Bonchev–Trinajstić information content (AvgIpc) is 2.25. The van der Waals surface area contributed by atoms with E-state index in [0.29, 0.717) is 0 Å². The first-order chi connectivity index (χ1) is 7.56. The molecule has 0 aliphatic carbocycles. The maximum Gasteiger partial charge on any atom is 0.316 e. The summed E-state index contributed by atoms with van der Waals surface area (Å²) < 4.78 is 23.9. The number of nitrogens with one attached hydrogen (secondary N) is 2. The Labute approximate surface area is 89.6 Å². The Morgan fingerprint density at radius 1 is 1.44 bits per heavy atom. The molecule has 0 spiro atoms. The lowest BCUT2D eigenvalue weighted by Gasteiger charge is -2.09. The minimum absolute atomic E-state index is 0.000694. The van der Waals surface area contributed by atoms with Crippen molar-refractivity contribution in [2.75, 3.05) is 17.3 Å². The molecule has 0 aliphatic rings. The molecular weight excluding hydrogens is 222 g/mol. The lowest BCUT2D eigenvalue weighted by molar-refractivity contribution is -0.383. The first-order valence-electron chi connectivity index (χ1n) is 4.32. The number of nitrogens with two attached hydrogens (primary N) is 1. The van der Waals surface area contributed by atoms with Crippen LogP contribution in [0, 0.1) is 10.1 Å². The molecule has 0 aromatic heterocycles. The summed E-state index contributed by atoms with van der Waals surface area (Å²) in [5.74, 6) is 5.08. The fourth-order valence-corrected chi connectivity index (χ4v) is 1.19. The Morgan fingerprint density at radius 2 is 2.06 bits per heavy atom. The van der Waals surface area contributed by atoms with E-state index >= 15 is 0 Å². The van der Waals surface area contributed by atoms with E-state index < -0.39 is 17.9 Å². The lowest BCUT2D eigenvalue weighted by Crippen LogP contribution is -2.14. The zero-order chi connectivity index (χ0) is 12.1. The van der Waals surface area contributed by atoms with Crippen LogP contribution in [-0.4, -0.2) is 17.9 Å². The van der Waals surface area contributed by atoms with E-state index in [2.05, 4.69) is 10.7 Å². The quantitative estimate of drug-likeness (QED) is 0.407. The first-order valence-corrected chi connectivity index (χ1v) is 4.32. The number of nitrogen functional groups attached to an aromatic ring is 1. The lowest BCUT2D eigenvalue weighted by atomic mass is 10.2. The summed E-state index contributed by atoms with van der Waals surface area (Å²) in [6.07, 6.45) is -2.59. The van der Waals surface area contributed by atoms with Crippen molar-refractivity contribution in [3.63, 3.8) is 0 Å². The second kappa shape index (κ2) is 5.21. The largest absolute Gasteiger partial charge is 0.374 e. The monoisotopic (exact) mass is 232 g/mol. The number of halogens is 2. The van der Waals surface area contributed by atoms with Gasteiger partial charge < -0.3 is 10.7 Å². The highest BCUT2D eigenvalue weighted by molar-refractivity contribution is 5.75. The third-order valence-corrected chi connectivity index (χ3v) is 1.82. The number of anilines is 2. The van der Waals surface area contributed by atoms with Crippen LogP contribution in [0.1, 0.15) is 0 Å². The number of nitro groups is 1. The zero-order valence-corrected chi connectivity index (χ0v) is 8.11. The van der Waals surface area contributed by atoms with Gasteiger partial charge in [0.25, 0.3) is 6.43 Å². The van der Waals surface area contributed by atoms with Gasteiger partial charge in [-0.15, -0.1) is 0 Å². The molecule has 16 heavy (non-hydrogen) atoms. The number of nitro benzene ring substituents is 1. The van der Waals surface area contributed by atoms with E-state index in [1.807, 2.05) is 0 Å². The number of hydrogen-bond acceptors (Lipinski definition) is 5. The van der Waals surface area contributed by atoms with Gasteiger partial charge in [0.15, 0.2) is 0 Å². The van der Waals surface area contributed by atoms with Gasteiger partial charge in [-0.1, -0.05) is 6.07 Å². The van der Waals surface area contributed by atoms with Crippen molar-refractivity contribution in [2.45, 2.75) is 6.43 Å². The molecule has 8 heteroatoms. The summed E-state index contributed by atoms with van der Waals surface area (Å²) in [4.78, 5) is 10.0. The fraction of sp³-hybridized carbons (Fsp3) is 0.250. The predicted molar refractivity (Wildman–Crippen MR) is 55.4 cm³/mol. The smallest absolute Gasteiger partial charge is 0.316 e. The van der Waals surface area contributed by atoms with Crippen LogP contribution in [0.15, 0.2) is 18.2 Å². The molecule has 0 amide bonds. The van der Waals surface area contributed by atoms with E-state index in [0.717, 1.165) is 0 Å². The van der Waals surface area contributed by atoms with Crippen LogP contribution in [0.2, 0.25) is 0 Å². The van der Waals surface area contributed by atoms with Gasteiger partial charge in [-0.2, -0.15) is 0 Å². The number of hydrogen-bond donors (Lipinski definition) is 3. The van der Waals surface area contributed by atoms with Crippen molar-refractivity contribution < 1.29 is 13.7 Å². The summed E-state index contributed by atoms with van der Waals surface area (Å²) in [5.41, 5.74) is 1.84. The standard InChI is InChI=1S/C8H10F2N4O2/c9-7(10)4-12-5-2-1-3-6(13-11)8(5)14(15)16/h1-3,7,12-13H,4,11H2. The van der Waals surface area contributed by atoms with E-state index in [1.165, 1.54) is 18.2 Å². The normalized spacial score (nSPS) is 10.2.